The first kappa shape index (κ1) is 72.7. The molecule has 7 rings (SSSR count). The Morgan fingerprint density at radius 3 is 0.727 bits per heavy atom. The lowest BCUT2D eigenvalue weighted by Gasteiger charge is -2.46. The molecular weight excluding hydrogens is 1380 g/mol. The lowest BCUT2D eigenvalue weighted by Crippen LogP contribution is -2.79. The molecule has 0 aliphatic rings. The molecular formula is C57H45BCl8F12O9S. The van der Waals surface area contributed by atoms with E-state index in [1.54, 1.807) is 21.3 Å². The van der Waals surface area contributed by atoms with E-state index in [0.717, 1.165) is 31.9 Å². The molecule has 0 fully saturated rings. The van der Waals surface area contributed by atoms with Gasteiger partial charge in [-0.25, -0.2) is 52.7 Å². The third-order valence-corrected chi connectivity index (χ3v) is 18.4. The number of methoxy groups -OCH3 is 3. The molecule has 31 heteroatoms. The van der Waals surface area contributed by atoms with Crippen LogP contribution in [0.25, 0.3) is 0 Å². The minimum atomic E-state index is -5.62. The summed E-state index contributed by atoms with van der Waals surface area (Å²) in [6.45, 7) is 5.78. The SMILES string of the molecule is COCCOCCOc1ccccc1[S+](c1ccccc1OCCOCCOC)c1ccccc1OCCOCCOC.Fc1c(F)c(Cl)c(Cl)c([B-](c2c(F)c(F)c(F)c(Cl)c2Cl)(c2c(F)c(F)c(F)c(Cl)c2Cl)c2c(F)c(F)c(F)c(Cl)c2Cl)c1F. The molecule has 88 heavy (non-hydrogen) atoms. The largest absolute Gasteiger partial charge is 0.486 e. The molecule has 0 saturated carbocycles. The van der Waals surface area contributed by atoms with Crippen LogP contribution in [0.2, 0.25) is 40.2 Å². The van der Waals surface area contributed by atoms with Gasteiger partial charge in [-0.15, -0.1) is 21.9 Å². The van der Waals surface area contributed by atoms with Gasteiger partial charge in [0.15, 0.2) is 63.8 Å². The van der Waals surface area contributed by atoms with Crippen LogP contribution in [0.15, 0.2) is 87.5 Å². The number of ether oxygens (including phenoxy) is 9. The fourth-order valence-electron chi connectivity index (χ4n) is 8.81. The van der Waals surface area contributed by atoms with Crippen LogP contribution in [0.5, 0.6) is 17.2 Å². The predicted molar refractivity (Wildman–Crippen MR) is 316 cm³/mol. The molecule has 0 aromatic heterocycles. The molecule has 0 heterocycles. The summed E-state index contributed by atoms with van der Waals surface area (Å²) in [4.78, 5) is 3.04. The molecule has 9 nitrogen and oxygen atoms in total. The van der Waals surface area contributed by atoms with E-state index in [2.05, 4.69) is 18.2 Å². The van der Waals surface area contributed by atoms with Crippen molar-refractivity contribution in [3.63, 3.8) is 0 Å². The number of benzene rings is 7. The summed E-state index contributed by atoms with van der Waals surface area (Å²) in [6, 6.07) is 24.3. The van der Waals surface area contributed by atoms with E-state index < -0.39 is 149 Å². The van der Waals surface area contributed by atoms with Crippen LogP contribution < -0.4 is 36.1 Å². The minimum absolute atomic E-state index is 0.409. The summed E-state index contributed by atoms with van der Waals surface area (Å²) in [7, 11) is 4.33. The van der Waals surface area contributed by atoms with Gasteiger partial charge in [0.25, 0.3) is 0 Å². The Labute approximate surface area is 538 Å². The minimum Gasteiger partial charge on any atom is -0.486 e. The summed E-state index contributed by atoms with van der Waals surface area (Å²) >= 11 is 46.6. The van der Waals surface area contributed by atoms with E-state index >= 15 is 35.1 Å². The van der Waals surface area contributed by atoms with Gasteiger partial charge in [0, 0.05) is 41.4 Å². The van der Waals surface area contributed by atoms with Gasteiger partial charge < -0.3 is 42.6 Å². The summed E-state index contributed by atoms with van der Waals surface area (Å²) in [5, 5.41) is -13.9. The van der Waals surface area contributed by atoms with E-state index in [1.165, 1.54) is 0 Å². The van der Waals surface area contributed by atoms with Gasteiger partial charge in [0.2, 0.25) is 14.7 Å². The second kappa shape index (κ2) is 33.8. The highest BCUT2D eigenvalue weighted by Crippen LogP contribution is 2.45. The van der Waals surface area contributed by atoms with Gasteiger partial charge in [-0.1, -0.05) is 129 Å². The van der Waals surface area contributed by atoms with E-state index in [4.69, 9.17) is 135 Å². The van der Waals surface area contributed by atoms with Gasteiger partial charge in [-0.3, -0.25) is 0 Å². The van der Waals surface area contributed by atoms with Crippen LogP contribution in [-0.2, 0) is 39.3 Å². The van der Waals surface area contributed by atoms with Crippen LogP contribution in [0.4, 0.5) is 52.7 Å². The highest BCUT2D eigenvalue weighted by Gasteiger charge is 2.50. The molecule has 0 unspecified atom stereocenters. The number of halogens is 20. The third kappa shape index (κ3) is 15.6. The number of para-hydroxylation sites is 3. The predicted octanol–water partition coefficient (Wildman–Crippen LogP) is 14.9. The summed E-state index contributed by atoms with van der Waals surface area (Å²) in [6.07, 6.45) is -5.62. The smallest absolute Gasteiger partial charge is 0.208 e. The highest BCUT2D eigenvalue weighted by molar-refractivity contribution is 7.97. The van der Waals surface area contributed by atoms with Crippen molar-refractivity contribution in [2.24, 2.45) is 0 Å². The maximum absolute atomic E-state index is 16.0. The Bertz CT molecular complexity index is 3070. The standard InChI is InChI=1S/C33H45O9S.C24BCl8F12/c1-34-16-19-37-22-25-40-28-10-4-7-13-31(28)43(32-14-8-5-11-29(32)41-26-23-38-20-17-35-2)33-15-9-6-12-30(33)42-27-24-39-21-18-36-3;26-5-1(13(34)21(42)17(38)9(5)30)25(2-6(27)10(31)18(39)22(43)14(2)35,3-7(28)11(32)19(40)23(44)15(3)36)4-8(29)12(33)20(41)24(45)16(4)37/h4-15H,16-27H2,1-3H3;/q+1;-1. The Kier molecular flexibility index (Phi) is 27.9. The molecule has 0 aliphatic heterocycles. The summed E-state index contributed by atoms with van der Waals surface area (Å²) in [5.41, 5.74) is -8.47. The topological polar surface area (TPSA) is 83.1 Å². The maximum atomic E-state index is 16.0. The van der Waals surface area contributed by atoms with E-state index in [1.807, 2.05) is 54.6 Å². The van der Waals surface area contributed by atoms with Crippen molar-refractivity contribution in [1.29, 1.82) is 0 Å². The van der Waals surface area contributed by atoms with E-state index in [-0.39, 0.29) is 0 Å². The molecule has 0 saturated heterocycles. The van der Waals surface area contributed by atoms with Crippen LogP contribution >= 0.6 is 92.8 Å². The molecule has 0 spiro atoms. The normalized spacial score (nSPS) is 11.6. The number of rotatable bonds is 28. The summed E-state index contributed by atoms with van der Waals surface area (Å²) in [5.74, 6) is -28.9. The lowest BCUT2D eigenvalue weighted by atomic mass is 9.12. The Hall–Kier alpha value is -4.41. The van der Waals surface area contributed by atoms with Gasteiger partial charge >= 0.3 is 0 Å². The van der Waals surface area contributed by atoms with Crippen LogP contribution in [0.3, 0.4) is 0 Å². The highest BCUT2D eigenvalue weighted by atomic mass is 35.5. The zero-order chi connectivity index (χ0) is 64.7. The molecule has 7 aromatic rings. The Morgan fingerprint density at radius 2 is 0.500 bits per heavy atom. The Morgan fingerprint density at radius 1 is 0.284 bits per heavy atom. The van der Waals surface area contributed by atoms with E-state index in [9.17, 15) is 17.6 Å². The van der Waals surface area contributed by atoms with Crippen molar-refractivity contribution < 1.29 is 95.3 Å². The zero-order valence-corrected chi connectivity index (χ0v) is 52.5. The van der Waals surface area contributed by atoms with Gasteiger partial charge in [-0.2, -0.15) is 0 Å². The lowest BCUT2D eigenvalue weighted by molar-refractivity contribution is 0.0537. The monoisotopic (exact) mass is 1420 g/mol. The zero-order valence-electron chi connectivity index (χ0n) is 45.6. The maximum Gasteiger partial charge on any atom is 0.208 e. The van der Waals surface area contributed by atoms with Crippen LogP contribution in [-0.4, -0.2) is 107 Å². The first-order valence-corrected chi connectivity index (χ1v) is 29.6. The van der Waals surface area contributed by atoms with Crippen LogP contribution in [0.1, 0.15) is 0 Å². The average molecular weight is 1430 g/mol. The van der Waals surface area contributed by atoms with Crippen molar-refractivity contribution in [2.75, 3.05) is 101 Å². The van der Waals surface area contributed by atoms with Crippen molar-refractivity contribution in [3.8, 4) is 17.2 Å². The molecule has 0 N–H and O–H groups in total. The van der Waals surface area contributed by atoms with Gasteiger partial charge in [0.1, 0.15) is 60.1 Å². The molecule has 7 aromatic carbocycles. The van der Waals surface area contributed by atoms with Crippen molar-refractivity contribution >= 4 is 132 Å². The number of hydrogen-bond donors (Lipinski definition) is 0. The fraction of sp³-hybridized carbons (Fsp3) is 0.263. The van der Waals surface area contributed by atoms with E-state index in [0.29, 0.717) is 79.3 Å². The molecule has 0 radical (unpaired) electrons. The van der Waals surface area contributed by atoms with Gasteiger partial charge in [0.05, 0.1) is 79.6 Å². The fourth-order valence-corrected chi connectivity index (χ4v) is 13.2. The second-order valence-electron chi connectivity index (χ2n) is 17.8. The van der Waals surface area contributed by atoms with Crippen LogP contribution in [0, 0.1) is 69.8 Å². The quantitative estimate of drug-likeness (QED) is 0.0119. The second-order valence-corrected chi connectivity index (χ2v) is 22.8. The van der Waals surface area contributed by atoms with Crippen molar-refractivity contribution in [1.82, 2.24) is 0 Å². The molecule has 0 aliphatic carbocycles. The first-order valence-electron chi connectivity index (χ1n) is 25.3. The molecule has 0 atom stereocenters. The molecule has 0 amide bonds. The first-order chi connectivity index (χ1) is 42.0. The third-order valence-electron chi connectivity index (χ3n) is 12.7. The summed E-state index contributed by atoms with van der Waals surface area (Å²) < 4.78 is 233. The number of hydrogen-bond acceptors (Lipinski definition) is 9. The van der Waals surface area contributed by atoms with Gasteiger partial charge in [-0.05, 0) is 36.4 Å². The van der Waals surface area contributed by atoms with Crippen molar-refractivity contribution in [3.05, 3.63) is 183 Å². The average Bonchev–Trinajstić information content (AvgIpc) is 0.687. The molecule has 476 valence electrons. The Balaban J connectivity index is 0.000000281. The molecule has 0 bridgehead atoms. The van der Waals surface area contributed by atoms with Crippen molar-refractivity contribution in [2.45, 2.75) is 14.7 Å².